The molecule has 1 fully saturated rings. The molecule has 8 heteroatoms. The van der Waals surface area contributed by atoms with Crippen LogP contribution >= 0.6 is 0 Å². The Kier molecular flexibility index (Phi) is 9.03. The van der Waals surface area contributed by atoms with Crippen LogP contribution in [0, 0.1) is 6.92 Å². The summed E-state index contributed by atoms with van der Waals surface area (Å²) in [5, 5.41) is 2.99. The number of carbonyl (C=O) groups is 2. The van der Waals surface area contributed by atoms with Crippen molar-refractivity contribution in [1.29, 1.82) is 0 Å². The zero-order chi connectivity index (χ0) is 29.6. The number of aromatic nitrogens is 2. The number of methoxy groups -OCH3 is 1. The Morgan fingerprint density at radius 1 is 1.07 bits per heavy atom. The van der Waals surface area contributed by atoms with Crippen molar-refractivity contribution in [2.45, 2.75) is 45.6 Å². The quantitative estimate of drug-likeness (QED) is 0.246. The first kappa shape index (κ1) is 29.1. The van der Waals surface area contributed by atoms with Gasteiger partial charge in [0, 0.05) is 36.2 Å². The van der Waals surface area contributed by atoms with Gasteiger partial charge in [0.2, 0.25) is 11.9 Å². The summed E-state index contributed by atoms with van der Waals surface area (Å²) in [5.74, 6) is 1.01. The molecular formula is C34H38N4O4. The molecule has 0 bridgehead atoms. The van der Waals surface area contributed by atoms with Crippen LogP contribution in [-0.2, 0) is 9.53 Å². The van der Waals surface area contributed by atoms with Crippen LogP contribution in [0.5, 0.6) is 5.75 Å². The number of carbonyl (C=O) groups excluding carboxylic acids is 2. The summed E-state index contributed by atoms with van der Waals surface area (Å²) in [6.07, 6.45) is 3.63. The molecule has 1 aromatic heterocycles. The van der Waals surface area contributed by atoms with E-state index in [1.54, 1.807) is 18.1 Å². The van der Waals surface area contributed by atoms with E-state index in [1.165, 1.54) is 5.56 Å². The third kappa shape index (κ3) is 6.71. The maximum Gasteiger partial charge on any atom is 0.254 e. The molecule has 0 spiro atoms. The molecule has 1 atom stereocenters. The molecule has 4 aromatic rings. The fourth-order valence-corrected chi connectivity index (χ4v) is 5.16. The average Bonchev–Trinajstić information content (AvgIpc) is 3.67. The van der Waals surface area contributed by atoms with Gasteiger partial charge in [-0.15, -0.1) is 0 Å². The lowest BCUT2D eigenvalue weighted by molar-refractivity contribution is -0.117. The maximum atomic E-state index is 13.6. The molecule has 5 rings (SSSR count). The number of anilines is 1. The second-order valence-corrected chi connectivity index (χ2v) is 11.0. The normalized spacial score (nSPS) is 14.6. The highest BCUT2D eigenvalue weighted by Crippen LogP contribution is 2.27. The lowest BCUT2D eigenvalue weighted by Crippen LogP contribution is -2.42. The topological polar surface area (TPSA) is 85.7 Å². The Balaban J connectivity index is 1.43. The van der Waals surface area contributed by atoms with Crippen molar-refractivity contribution in [3.63, 3.8) is 0 Å². The monoisotopic (exact) mass is 566 g/mol. The molecular weight excluding hydrogens is 528 g/mol. The smallest absolute Gasteiger partial charge is 0.254 e. The number of amides is 2. The van der Waals surface area contributed by atoms with E-state index >= 15 is 0 Å². The highest BCUT2D eigenvalue weighted by atomic mass is 16.5. The van der Waals surface area contributed by atoms with E-state index in [0.29, 0.717) is 36.3 Å². The molecule has 42 heavy (non-hydrogen) atoms. The molecule has 1 saturated heterocycles. The van der Waals surface area contributed by atoms with Gasteiger partial charge in [-0.05, 0) is 79.3 Å². The van der Waals surface area contributed by atoms with Crippen LogP contribution < -0.4 is 10.1 Å². The van der Waals surface area contributed by atoms with Gasteiger partial charge in [0.15, 0.2) is 0 Å². The summed E-state index contributed by atoms with van der Waals surface area (Å²) in [7, 11) is 1.63. The number of rotatable bonds is 10. The second kappa shape index (κ2) is 13.0. The van der Waals surface area contributed by atoms with Crippen molar-refractivity contribution in [2.24, 2.45) is 0 Å². The average molecular weight is 567 g/mol. The fourth-order valence-electron chi connectivity index (χ4n) is 5.16. The van der Waals surface area contributed by atoms with E-state index in [2.05, 4.69) is 31.3 Å². The minimum atomic E-state index is -0.332. The van der Waals surface area contributed by atoms with E-state index in [-0.39, 0.29) is 24.5 Å². The highest BCUT2D eigenvalue weighted by molar-refractivity contribution is 6.00. The maximum absolute atomic E-state index is 13.6. The Morgan fingerprint density at radius 3 is 2.45 bits per heavy atom. The molecule has 1 aliphatic heterocycles. The van der Waals surface area contributed by atoms with Gasteiger partial charge in [0.25, 0.3) is 5.91 Å². The van der Waals surface area contributed by atoms with Crippen LogP contribution in [-0.4, -0.2) is 59.2 Å². The van der Waals surface area contributed by atoms with E-state index in [1.807, 2.05) is 72.3 Å². The van der Waals surface area contributed by atoms with Crippen LogP contribution in [0.15, 0.2) is 79.0 Å². The first-order valence-electron chi connectivity index (χ1n) is 14.4. The first-order chi connectivity index (χ1) is 20.3. The lowest BCUT2D eigenvalue weighted by Gasteiger charge is -2.25. The minimum Gasteiger partial charge on any atom is -0.497 e. The van der Waals surface area contributed by atoms with Crippen molar-refractivity contribution in [2.75, 3.05) is 32.1 Å². The number of nitrogens with one attached hydrogen (secondary N) is 1. The molecule has 0 unspecified atom stereocenters. The molecule has 8 nitrogen and oxygen atoms in total. The van der Waals surface area contributed by atoms with Gasteiger partial charge in [-0.2, -0.15) is 0 Å². The number of benzene rings is 3. The van der Waals surface area contributed by atoms with E-state index < -0.39 is 0 Å². The van der Waals surface area contributed by atoms with Crippen molar-refractivity contribution in [3.05, 3.63) is 95.7 Å². The molecule has 0 aliphatic carbocycles. The molecule has 218 valence electrons. The van der Waals surface area contributed by atoms with Crippen molar-refractivity contribution in [1.82, 2.24) is 14.5 Å². The summed E-state index contributed by atoms with van der Waals surface area (Å²) in [4.78, 5) is 33.6. The van der Waals surface area contributed by atoms with Crippen LogP contribution in [0.3, 0.4) is 0 Å². The highest BCUT2D eigenvalue weighted by Gasteiger charge is 2.26. The standard InChI is InChI=1S/C34H38N4O4/c1-23(2)25-11-15-27(16-12-25)38-21-31(26-13-17-28(41-4)18-14-26)35-34(38)36-32(39)22-37(20-29-9-7-19-42-29)33(40)30-10-6-5-8-24(30)3/h5-6,8,10-18,21,23,29H,7,9,19-20,22H2,1-4H3,(H,35,36,39)/t29-/m1/s1. The Morgan fingerprint density at radius 2 is 1.81 bits per heavy atom. The van der Waals surface area contributed by atoms with Crippen molar-refractivity contribution >= 4 is 17.8 Å². The van der Waals surface area contributed by atoms with Gasteiger partial charge in [0.05, 0.1) is 18.9 Å². The van der Waals surface area contributed by atoms with Gasteiger partial charge in [0.1, 0.15) is 12.3 Å². The number of aryl methyl sites for hydroxylation is 1. The van der Waals surface area contributed by atoms with Gasteiger partial charge < -0.3 is 14.4 Å². The molecule has 2 heterocycles. The van der Waals surface area contributed by atoms with Gasteiger partial charge in [-0.1, -0.05) is 44.2 Å². The van der Waals surface area contributed by atoms with E-state index in [9.17, 15) is 9.59 Å². The fraction of sp³-hybridized carbons (Fsp3) is 0.324. The van der Waals surface area contributed by atoms with Crippen molar-refractivity contribution < 1.29 is 19.1 Å². The predicted molar refractivity (Wildman–Crippen MR) is 164 cm³/mol. The predicted octanol–water partition coefficient (Wildman–Crippen LogP) is 6.24. The zero-order valence-electron chi connectivity index (χ0n) is 24.7. The number of ether oxygens (including phenoxy) is 2. The first-order valence-corrected chi connectivity index (χ1v) is 14.4. The summed E-state index contributed by atoms with van der Waals surface area (Å²) >= 11 is 0. The Labute approximate surface area is 247 Å². The Hall–Kier alpha value is -4.43. The summed E-state index contributed by atoms with van der Waals surface area (Å²) in [6.45, 7) is 7.11. The van der Waals surface area contributed by atoms with E-state index in [0.717, 1.165) is 35.4 Å². The molecule has 1 N–H and O–H groups in total. The molecule has 0 radical (unpaired) electrons. The molecule has 1 aliphatic rings. The van der Waals surface area contributed by atoms with Crippen LogP contribution in [0.2, 0.25) is 0 Å². The van der Waals surface area contributed by atoms with Crippen LogP contribution in [0.4, 0.5) is 5.95 Å². The summed E-state index contributed by atoms with van der Waals surface area (Å²) in [6, 6.07) is 23.3. The Bertz CT molecular complexity index is 1520. The van der Waals surface area contributed by atoms with Gasteiger partial charge in [-0.25, -0.2) is 4.98 Å². The second-order valence-electron chi connectivity index (χ2n) is 11.0. The van der Waals surface area contributed by atoms with Crippen molar-refractivity contribution in [3.8, 4) is 22.7 Å². The molecule has 2 amide bonds. The molecule has 0 saturated carbocycles. The number of hydrogen-bond donors (Lipinski definition) is 1. The third-order valence-electron chi connectivity index (χ3n) is 7.63. The lowest BCUT2D eigenvalue weighted by atomic mass is 10.0. The number of imidazole rings is 1. The van der Waals surface area contributed by atoms with Crippen LogP contribution in [0.1, 0.15) is 54.1 Å². The largest absolute Gasteiger partial charge is 0.497 e. The van der Waals surface area contributed by atoms with Gasteiger partial charge in [-0.3, -0.25) is 19.5 Å². The SMILES string of the molecule is COc1ccc(-c2cn(-c3ccc(C(C)C)cc3)c(NC(=O)CN(C[C@H]3CCCO3)C(=O)c3ccccc3C)n2)cc1. The van der Waals surface area contributed by atoms with Crippen LogP contribution in [0.25, 0.3) is 16.9 Å². The zero-order valence-corrected chi connectivity index (χ0v) is 24.7. The van der Waals surface area contributed by atoms with E-state index in [4.69, 9.17) is 14.5 Å². The van der Waals surface area contributed by atoms with Gasteiger partial charge >= 0.3 is 0 Å². The number of hydrogen-bond acceptors (Lipinski definition) is 5. The third-order valence-corrected chi connectivity index (χ3v) is 7.63. The summed E-state index contributed by atoms with van der Waals surface area (Å²) < 4.78 is 13.0. The molecule has 3 aromatic carbocycles. The summed E-state index contributed by atoms with van der Waals surface area (Å²) in [5.41, 5.74) is 5.13. The minimum absolute atomic E-state index is 0.0890. The number of nitrogens with zero attached hydrogens (tertiary/aromatic N) is 3.